The SMILES string of the molecule is CCNC(=O)CCn1c(=O)oc2cc(Cl)ccc21. The number of hydrogen-bond acceptors (Lipinski definition) is 3. The molecule has 0 bridgehead atoms. The molecule has 0 saturated heterocycles. The predicted octanol–water partition coefficient (Wildman–Crippen LogP) is 1.77. The molecule has 0 aliphatic heterocycles. The number of oxazole rings is 1. The van der Waals surface area contributed by atoms with Gasteiger partial charge in [0.15, 0.2) is 5.58 Å². The molecule has 0 fully saturated rings. The molecule has 0 atom stereocenters. The van der Waals surface area contributed by atoms with Gasteiger partial charge in [-0.2, -0.15) is 0 Å². The molecule has 18 heavy (non-hydrogen) atoms. The van der Waals surface area contributed by atoms with Crippen LogP contribution >= 0.6 is 11.6 Å². The van der Waals surface area contributed by atoms with Crippen LogP contribution in [-0.4, -0.2) is 17.0 Å². The lowest BCUT2D eigenvalue weighted by molar-refractivity contribution is -0.121. The minimum atomic E-state index is -0.475. The monoisotopic (exact) mass is 268 g/mol. The zero-order valence-corrected chi connectivity index (χ0v) is 10.7. The maximum atomic E-state index is 11.6. The van der Waals surface area contributed by atoms with E-state index in [1.807, 2.05) is 6.92 Å². The molecule has 5 nitrogen and oxygen atoms in total. The number of carbonyl (C=O) groups is 1. The van der Waals surface area contributed by atoms with Gasteiger partial charge in [0.2, 0.25) is 5.91 Å². The van der Waals surface area contributed by atoms with E-state index in [1.54, 1.807) is 18.2 Å². The molecular formula is C12H13ClN2O3. The Kier molecular flexibility index (Phi) is 3.72. The molecule has 0 spiro atoms. The van der Waals surface area contributed by atoms with E-state index >= 15 is 0 Å². The Balaban J connectivity index is 2.25. The van der Waals surface area contributed by atoms with Gasteiger partial charge < -0.3 is 9.73 Å². The first-order chi connectivity index (χ1) is 8.61. The quantitative estimate of drug-likeness (QED) is 0.919. The summed E-state index contributed by atoms with van der Waals surface area (Å²) in [5.41, 5.74) is 1.08. The molecule has 2 aromatic rings. The van der Waals surface area contributed by atoms with Gasteiger partial charge in [-0.3, -0.25) is 9.36 Å². The van der Waals surface area contributed by atoms with Gasteiger partial charge in [0, 0.05) is 30.6 Å². The fourth-order valence-electron chi connectivity index (χ4n) is 1.75. The van der Waals surface area contributed by atoms with E-state index in [-0.39, 0.29) is 12.3 Å². The average molecular weight is 269 g/mol. The van der Waals surface area contributed by atoms with Crippen molar-refractivity contribution in [3.8, 4) is 0 Å². The second-order valence-electron chi connectivity index (χ2n) is 3.84. The van der Waals surface area contributed by atoms with Crippen molar-refractivity contribution in [3.05, 3.63) is 33.8 Å². The molecular weight excluding hydrogens is 256 g/mol. The number of nitrogens with one attached hydrogen (secondary N) is 1. The van der Waals surface area contributed by atoms with Crippen LogP contribution in [0.1, 0.15) is 13.3 Å². The topological polar surface area (TPSA) is 64.2 Å². The Morgan fingerprint density at radius 1 is 1.50 bits per heavy atom. The van der Waals surface area contributed by atoms with Gasteiger partial charge in [-0.25, -0.2) is 4.79 Å². The summed E-state index contributed by atoms with van der Waals surface area (Å²) < 4.78 is 6.49. The lowest BCUT2D eigenvalue weighted by atomic mass is 10.3. The average Bonchev–Trinajstić information content (AvgIpc) is 2.61. The number of carbonyl (C=O) groups excluding carboxylic acids is 1. The van der Waals surface area contributed by atoms with Crippen LogP contribution in [0.25, 0.3) is 11.1 Å². The van der Waals surface area contributed by atoms with Gasteiger partial charge in [-0.05, 0) is 19.1 Å². The number of halogens is 1. The molecule has 0 radical (unpaired) electrons. The summed E-state index contributed by atoms with van der Waals surface area (Å²) in [5.74, 6) is -0.565. The predicted molar refractivity (Wildman–Crippen MR) is 68.8 cm³/mol. The highest BCUT2D eigenvalue weighted by atomic mass is 35.5. The highest BCUT2D eigenvalue weighted by Crippen LogP contribution is 2.18. The van der Waals surface area contributed by atoms with Crippen molar-refractivity contribution in [1.82, 2.24) is 9.88 Å². The van der Waals surface area contributed by atoms with E-state index < -0.39 is 5.76 Å². The van der Waals surface area contributed by atoms with Crippen LogP contribution in [0.5, 0.6) is 0 Å². The van der Waals surface area contributed by atoms with Gasteiger partial charge in [-0.1, -0.05) is 11.6 Å². The van der Waals surface area contributed by atoms with Gasteiger partial charge in [0.25, 0.3) is 0 Å². The normalized spacial score (nSPS) is 10.8. The zero-order chi connectivity index (χ0) is 13.1. The second-order valence-corrected chi connectivity index (χ2v) is 4.27. The highest BCUT2D eigenvalue weighted by molar-refractivity contribution is 6.31. The van der Waals surface area contributed by atoms with Crippen LogP contribution in [0.4, 0.5) is 0 Å². The zero-order valence-electron chi connectivity index (χ0n) is 9.90. The first-order valence-electron chi connectivity index (χ1n) is 5.67. The molecule has 96 valence electrons. The maximum absolute atomic E-state index is 11.6. The van der Waals surface area contributed by atoms with Crippen molar-refractivity contribution < 1.29 is 9.21 Å². The number of rotatable bonds is 4. The molecule has 1 aromatic heterocycles. The van der Waals surface area contributed by atoms with E-state index in [9.17, 15) is 9.59 Å². The fraction of sp³-hybridized carbons (Fsp3) is 0.333. The third-order valence-corrected chi connectivity index (χ3v) is 2.80. The van der Waals surface area contributed by atoms with Crippen molar-refractivity contribution >= 4 is 28.6 Å². The molecule has 1 aromatic carbocycles. The molecule has 0 saturated carbocycles. The molecule has 1 amide bonds. The Labute approximate surface area is 108 Å². The number of fused-ring (bicyclic) bond motifs is 1. The maximum Gasteiger partial charge on any atom is 0.419 e. The van der Waals surface area contributed by atoms with Crippen LogP contribution in [-0.2, 0) is 11.3 Å². The standard InChI is InChI=1S/C12H13ClN2O3/c1-2-14-11(16)5-6-15-9-4-3-8(13)7-10(9)18-12(15)17/h3-4,7H,2,5-6H2,1H3,(H,14,16). The van der Waals surface area contributed by atoms with Crippen LogP contribution in [0.15, 0.2) is 27.4 Å². The first kappa shape index (κ1) is 12.7. The molecule has 0 aliphatic carbocycles. The summed E-state index contributed by atoms with van der Waals surface area (Å²) in [6, 6.07) is 4.97. The number of hydrogen-bond donors (Lipinski definition) is 1. The number of aryl methyl sites for hydroxylation is 1. The lowest BCUT2D eigenvalue weighted by Crippen LogP contribution is -2.25. The summed E-state index contributed by atoms with van der Waals surface area (Å²) in [6.07, 6.45) is 0.241. The Morgan fingerprint density at radius 3 is 3.00 bits per heavy atom. The molecule has 2 rings (SSSR count). The van der Waals surface area contributed by atoms with Gasteiger partial charge >= 0.3 is 5.76 Å². The minimum absolute atomic E-state index is 0.0901. The first-order valence-corrected chi connectivity index (χ1v) is 6.05. The van der Waals surface area contributed by atoms with Crippen molar-refractivity contribution in [2.75, 3.05) is 6.54 Å². The van der Waals surface area contributed by atoms with Crippen LogP contribution in [0.2, 0.25) is 5.02 Å². The van der Waals surface area contributed by atoms with E-state index in [2.05, 4.69) is 5.32 Å². The number of amides is 1. The van der Waals surface area contributed by atoms with E-state index in [4.69, 9.17) is 16.0 Å². The summed E-state index contributed by atoms with van der Waals surface area (Å²) in [7, 11) is 0. The molecule has 6 heteroatoms. The van der Waals surface area contributed by atoms with Crippen molar-refractivity contribution in [2.45, 2.75) is 19.9 Å². The number of aromatic nitrogens is 1. The van der Waals surface area contributed by atoms with Crippen LogP contribution in [0.3, 0.4) is 0 Å². The number of nitrogens with zero attached hydrogens (tertiary/aromatic N) is 1. The van der Waals surface area contributed by atoms with Crippen molar-refractivity contribution in [2.24, 2.45) is 0 Å². The molecule has 0 aliphatic rings. The molecule has 1 heterocycles. The van der Waals surface area contributed by atoms with Crippen molar-refractivity contribution in [1.29, 1.82) is 0 Å². The smallest absolute Gasteiger partial charge is 0.408 e. The van der Waals surface area contributed by atoms with Crippen LogP contribution in [0, 0.1) is 0 Å². The second kappa shape index (κ2) is 5.27. The highest BCUT2D eigenvalue weighted by Gasteiger charge is 2.10. The van der Waals surface area contributed by atoms with E-state index in [0.717, 1.165) is 0 Å². The summed E-state index contributed by atoms with van der Waals surface area (Å²) in [5, 5.41) is 3.19. The van der Waals surface area contributed by atoms with Gasteiger partial charge in [0.05, 0.1) is 5.52 Å². The third-order valence-electron chi connectivity index (χ3n) is 2.57. The van der Waals surface area contributed by atoms with E-state index in [1.165, 1.54) is 4.57 Å². The molecule has 0 unspecified atom stereocenters. The number of benzene rings is 1. The minimum Gasteiger partial charge on any atom is -0.408 e. The fourth-order valence-corrected chi connectivity index (χ4v) is 1.91. The largest absolute Gasteiger partial charge is 0.419 e. The van der Waals surface area contributed by atoms with Gasteiger partial charge in [0.1, 0.15) is 0 Å². The Hall–Kier alpha value is -1.75. The Bertz CT molecular complexity index is 630. The van der Waals surface area contributed by atoms with Gasteiger partial charge in [-0.15, -0.1) is 0 Å². The summed E-state index contributed by atoms with van der Waals surface area (Å²) in [6.45, 7) is 2.72. The lowest BCUT2D eigenvalue weighted by Gasteiger charge is -2.02. The summed E-state index contributed by atoms with van der Waals surface area (Å²) in [4.78, 5) is 23.0. The summed E-state index contributed by atoms with van der Waals surface area (Å²) >= 11 is 5.81. The van der Waals surface area contributed by atoms with Crippen molar-refractivity contribution in [3.63, 3.8) is 0 Å². The molecule has 1 N–H and O–H groups in total. The van der Waals surface area contributed by atoms with E-state index in [0.29, 0.717) is 29.2 Å². The van der Waals surface area contributed by atoms with Crippen LogP contribution < -0.4 is 11.1 Å². The third kappa shape index (κ3) is 2.56. The Morgan fingerprint density at radius 2 is 2.28 bits per heavy atom.